The van der Waals surface area contributed by atoms with E-state index < -0.39 is 0 Å². The van der Waals surface area contributed by atoms with Gasteiger partial charge in [-0.2, -0.15) is 33.7 Å². The first kappa shape index (κ1) is 23.8. The summed E-state index contributed by atoms with van der Waals surface area (Å²) >= 11 is 14.2. The van der Waals surface area contributed by atoms with Gasteiger partial charge in [0.05, 0.1) is 0 Å². The second-order valence-corrected chi connectivity index (χ2v) is 9.01. The molecule has 0 unspecified atom stereocenters. The van der Waals surface area contributed by atoms with Gasteiger partial charge in [-0.15, -0.1) is 0 Å². The van der Waals surface area contributed by atoms with Gasteiger partial charge in [-0.25, -0.2) is 0 Å². The van der Waals surface area contributed by atoms with Gasteiger partial charge in [-0.05, 0) is 43.0 Å². The quantitative estimate of drug-likeness (QED) is 0.179. The van der Waals surface area contributed by atoms with E-state index in [0.717, 1.165) is 67.0 Å². The Bertz CT molecular complexity index is 619. The second-order valence-electron chi connectivity index (χ2n) is 5.99. The monoisotopic (exact) mass is 472 g/mol. The summed E-state index contributed by atoms with van der Waals surface area (Å²) in [5.41, 5.74) is 2.28. The van der Waals surface area contributed by atoms with Crippen molar-refractivity contribution in [3.05, 3.63) is 35.9 Å². The third-order valence-corrected chi connectivity index (χ3v) is 6.21. The van der Waals surface area contributed by atoms with Crippen molar-refractivity contribution in [2.24, 2.45) is 0 Å². The van der Waals surface area contributed by atoms with E-state index in [9.17, 15) is 0 Å². The molecule has 2 heterocycles. The molecule has 2 aromatic rings. The summed E-state index contributed by atoms with van der Waals surface area (Å²) in [4.78, 5) is 0. The Morgan fingerprint density at radius 2 is 1.21 bits per heavy atom. The molecule has 0 radical (unpaired) electrons. The molecule has 8 nitrogen and oxygen atoms in total. The maximum Gasteiger partial charge on any atom is 0.166 e. The standard InChI is InChI=1S/C17H28N8S4/c26-16(20-8-10-28-12-14-2-6-22-24-14)18-4-1-5-19-17(27)21-9-11-29-13-15-3-7-23-25-15/h2-3,6-7H,1,4-5,8-13H2,(H,22,24)(H,23,25)(H2,18,20,26)(H2,19,21,27). The maximum absolute atomic E-state index is 5.28. The molecule has 0 saturated carbocycles. The maximum atomic E-state index is 5.28. The van der Waals surface area contributed by atoms with Gasteiger partial charge in [0.15, 0.2) is 10.2 Å². The van der Waals surface area contributed by atoms with Gasteiger partial charge in [0.25, 0.3) is 0 Å². The topological polar surface area (TPSA) is 105 Å². The molecule has 2 aromatic heterocycles. The summed E-state index contributed by atoms with van der Waals surface area (Å²) in [5.74, 6) is 3.85. The normalized spacial score (nSPS) is 10.5. The van der Waals surface area contributed by atoms with Gasteiger partial charge in [0.1, 0.15) is 0 Å². The molecular formula is C17H28N8S4. The zero-order valence-corrected chi connectivity index (χ0v) is 19.5. The Morgan fingerprint density at radius 3 is 1.62 bits per heavy atom. The number of nitrogens with zero attached hydrogens (tertiary/aromatic N) is 2. The van der Waals surface area contributed by atoms with Gasteiger partial charge in [0.2, 0.25) is 0 Å². The van der Waals surface area contributed by atoms with Crippen LogP contribution >= 0.6 is 48.0 Å². The van der Waals surface area contributed by atoms with Crippen LogP contribution in [-0.4, -0.2) is 68.3 Å². The van der Waals surface area contributed by atoms with Crippen molar-refractivity contribution >= 4 is 58.2 Å². The molecule has 0 aromatic carbocycles. The number of H-pyrrole nitrogens is 2. The first-order valence-electron chi connectivity index (χ1n) is 9.39. The molecule has 12 heteroatoms. The fourth-order valence-electron chi connectivity index (χ4n) is 2.19. The lowest BCUT2D eigenvalue weighted by molar-refractivity contribution is 0.726. The largest absolute Gasteiger partial charge is 0.363 e. The Labute approximate surface area is 190 Å². The highest BCUT2D eigenvalue weighted by Gasteiger charge is 1.99. The van der Waals surface area contributed by atoms with Crippen LogP contribution in [0, 0.1) is 0 Å². The van der Waals surface area contributed by atoms with E-state index in [4.69, 9.17) is 24.4 Å². The zero-order valence-electron chi connectivity index (χ0n) is 16.2. The molecule has 6 N–H and O–H groups in total. The van der Waals surface area contributed by atoms with Crippen molar-refractivity contribution in [1.29, 1.82) is 0 Å². The van der Waals surface area contributed by atoms with E-state index in [1.54, 1.807) is 12.4 Å². The molecule has 0 atom stereocenters. The number of hydrogen-bond acceptors (Lipinski definition) is 6. The van der Waals surface area contributed by atoms with Crippen LogP contribution in [0.2, 0.25) is 0 Å². The molecule has 0 fully saturated rings. The number of rotatable bonds is 14. The molecule has 29 heavy (non-hydrogen) atoms. The first-order chi connectivity index (χ1) is 14.2. The average Bonchev–Trinajstić information content (AvgIpc) is 3.41. The van der Waals surface area contributed by atoms with Crippen molar-refractivity contribution in [1.82, 2.24) is 41.7 Å². The lowest BCUT2D eigenvalue weighted by atomic mass is 10.4. The minimum atomic E-state index is 0.696. The molecule has 0 saturated heterocycles. The number of hydrogen-bond donors (Lipinski definition) is 6. The van der Waals surface area contributed by atoms with Crippen molar-refractivity contribution < 1.29 is 0 Å². The summed E-state index contributed by atoms with van der Waals surface area (Å²) < 4.78 is 0. The smallest absolute Gasteiger partial charge is 0.166 e. The van der Waals surface area contributed by atoms with Crippen LogP contribution in [0.15, 0.2) is 24.5 Å². The molecule has 0 spiro atoms. The van der Waals surface area contributed by atoms with Crippen molar-refractivity contribution in [2.45, 2.75) is 17.9 Å². The van der Waals surface area contributed by atoms with E-state index >= 15 is 0 Å². The summed E-state index contributed by atoms with van der Waals surface area (Å²) in [7, 11) is 0. The predicted octanol–water partition coefficient (Wildman–Crippen LogP) is 1.62. The van der Waals surface area contributed by atoms with Crippen molar-refractivity contribution in [2.75, 3.05) is 37.7 Å². The Hall–Kier alpha value is -1.50. The Morgan fingerprint density at radius 1 is 0.759 bits per heavy atom. The summed E-state index contributed by atoms with van der Waals surface area (Å²) in [6.07, 6.45) is 4.48. The third-order valence-electron chi connectivity index (χ3n) is 3.62. The minimum Gasteiger partial charge on any atom is -0.363 e. The molecule has 2 rings (SSSR count). The van der Waals surface area contributed by atoms with Crippen molar-refractivity contribution in [3.63, 3.8) is 0 Å². The van der Waals surface area contributed by atoms with Gasteiger partial charge < -0.3 is 21.3 Å². The minimum absolute atomic E-state index is 0.696. The molecular weight excluding hydrogens is 445 g/mol. The highest BCUT2D eigenvalue weighted by molar-refractivity contribution is 7.98. The van der Waals surface area contributed by atoms with Crippen LogP contribution < -0.4 is 21.3 Å². The zero-order chi connectivity index (χ0) is 20.6. The first-order valence-corrected chi connectivity index (χ1v) is 12.5. The SMILES string of the molecule is S=C(NCCCNC(=S)NCCSCc1ccn[nH]1)NCCSCc1ccn[nH]1. The molecule has 0 aliphatic carbocycles. The van der Waals surface area contributed by atoms with E-state index in [1.807, 2.05) is 35.7 Å². The fraction of sp³-hybridized carbons (Fsp3) is 0.529. The van der Waals surface area contributed by atoms with Gasteiger partial charge in [-0.1, -0.05) is 0 Å². The van der Waals surface area contributed by atoms with Crippen LogP contribution in [-0.2, 0) is 11.5 Å². The Kier molecular flexibility index (Phi) is 12.6. The van der Waals surface area contributed by atoms with E-state index in [1.165, 1.54) is 0 Å². The van der Waals surface area contributed by atoms with Gasteiger partial charge in [-0.3, -0.25) is 10.2 Å². The van der Waals surface area contributed by atoms with Crippen molar-refractivity contribution in [3.8, 4) is 0 Å². The van der Waals surface area contributed by atoms with Crippen LogP contribution in [0.5, 0.6) is 0 Å². The molecule has 0 aliphatic heterocycles. The summed E-state index contributed by atoms with van der Waals surface area (Å²) in [6, 6.07) is 3.98. The van der Waals surface area contributed by atoms with Gasteiger partial charge in [0, 0.05) is 73.0 Å². The number of thioether (sulfide) groups is 2. The summed E-state index contributed by atoms with van der Waals surface area (Å²) in [5, 5.41) is 28.0. The highest BCUT2D eigenvalue weighted by atomic mass is 32.2. The third kappa shape index (κ3) is 11.9. The number of aromatic amines is 2. The highest BCUT2D eigenvalue weighted by Crippen LogP contribution is 2.08. The van der Waals surface area contributed by atoms with Crippen LogP contribution in [0.4, 0.5) is 0 Å². The number of thiocarbonyl (C=S) groups is 2. The molecule has 0 bridgehead atoms. The average molecular weight is 473 g/mol. The fourth-order valence-corrected chi connectivity index (χ4v) is 4.14. The Balaban J connectivity index is 1.33. The number of aromatic nitrogens is 4. The second kappa shape index (κ2) is 15.4. The summed E-state index contributed by atoms with van der Waals surface area (Å²) in [6.45, 7) is 3.30. The van der Waals surface area contributed by atoms with E-state index in [-0.39, 0.29) is 0 Å². The lowest BCUT2D eigenvalue weighted by Crippen LogP contribution is -2.40. The van der Waals surface area contributed by atoms with Gasteiger partial charge >= 0.3 is 0 Å². The van der Waals surface area contributed by atoms with Crippen LogP contribution in [0.25, 0.3) is 0 Å². The predicted molar refractivity (Wildman–Crippen MR) is 131 cm³/mol. The lowest BCUT2D eigenvalue weighted by Gasteiger charge is -2.12. The van der Waals surface area contributed by atoms with Crippen LogP contribution in [0.1, 0.15) is 17.8 Å². The van der Waals surface area contributed by atoms with E-state index in [0.29, 0.717) is 10.2 Å². The molecule has 0 amide bonds. The van der Waals surface area contributed by atoms with Crippen LogP contribution in [0.3, 0.4) is 0 Å². The molecule has 160 valence electrons. The molecule has 0 aliphatic rings. The van der Waals surface area contributed by atoms with E-state index in [2.05, 4.69) is 41.7 Å². The number of nitrogens with one attached hydrogen (secondary N) is 6.